The molecule has 3 rings (SSSR count). The number of hydrogen-bond acceptors (Lipinski definition) is 4. The Labute approximate surface area is 157 Å². The number of nitrogens with zero attached hydrogens (tertiary/aromatic N) is 1. The predicted octanol–water partition coefficient (Wildman–Crippen LogP) is 3.33. The minimum Gasteiger partial charge on any atom is -0.322 e. The molecule has 0 fully saturated rings. The van der Waals surface area contributed by atoms with Crippen molar-refractivity contribution in [3.8, 4) is 0 Å². The first-order chi connectivity index (χ1) is 12.9. The average Bonchev–Trinajstić information content (AvgIpc) is 3.15. The molecular weight excluding hydrogens is 364 g/mol. The molecule has 0 radical (unpaired) electrons. The highest BCUT2D eigenvalue weighted by Gasteiger charge is 2.25. The van der Waals surface area contributed by atoms with Crippen LogP contribution in [-0.2, 0) is 16.4 Å². The molecule has 0 bridgehead atoms. The summed E-state index contributed by atoms with van der Waals surface area (Å²) in [5.41, 5.74) is 3.06. The summed E-state index contributed by atoms with van der Waals surface area (Å²) in [5, 5.41) is 8.53. The van der Waals surface area contributed by atoms with E-state index in [2.05, 4.69) is 20.2 Å². The van der Waals surface area contributed by atoms with Gasteiger partial charge in [0.1, 0.15) is 0 Å². The monoisotopic (exact) mass is 384 g/mol. The summed E-state index contributed by atoms with van der Waals surface area (Å²) in [6.45, 7) is 3.94. The molecule has 0 saturated carbocycles. The number of aromatic nitrogens is 2. The maximum Gasteiger partial charge on any atom is 0.279 e. The van der Waals surface area contributed by atoms with Crippen LogP contribution in [0.3, 0.4) is 0 Å². The smallest absolute Gasteiger partial charge is 0.279 e. The van der Waals surface area contributed by atoms with Crippen LogP contribution in [0.5, 0.6) is 0 Å². The van der Waals surface area contributed by atoms with E-state index in [0.29, 0.717) is 11.4 Å². The zero-order valence-corrected chi connectivity index (χ0v) is 15.8. The van der Waals surface area contributed by atoms with Gasteiger partial charge in [-0.2, -0.15) is 13.5 Å². The van der Waals surface area contributed by atoms with Crippen molar-refractivity contribution in [1.82, 2.24) is 10.2 Å². The Morgan fingerprint density at radius 3 is 2.30 bits per heavy atom. The molecule has 1 heterocycles. The Balaban J connectivity index is 1.81. The van der Waals surface area contributed by atoms with Crippen molar-refractivity contribution in [3.05, 3.63) is 71.4 Å². The van der Waals surface area contributed by atoms with Gasteiger partial charge in [0.2, 0.25) is 0 Å². The number of benzene rings is 2. The lowest BCUT2D eigenvalue weighted by Crippen LogP contribution is -2.19. The topological polar surface area (TPSA) is 104 Å². The molecule has 3 N–H and O–H groups in total. The molecule has 0 atom stereocenters. The van der Waals surface area contributed by atoms with Gasteiger partial charge in [-0.15, -0.1) is 0 Å². The van der Waals surface area contributed by atoms with E-state index >= 15 is 0 Å². The Kier molecular flexibility index (Phi) is 5.27. The van der Waals surface area contributed by atoms with Crippen LogP contribution in [0.25, 0.3) is 0 Å². The second-order valence-electron chi connectivity index (χ2n) is 6.09. The number of anilines is 2. The third-order valence-corrected chi connectivity index (χ3v) is 5.39. The summed E-state index contributed by atoms with van der Waals surface area (Å²) >= 11 is 0. The van der Waals surface area contributed by atoms with Crippen LogP contribution in [0.15, 0.2) is 59.8 Å². The predicted molar refractivity (Wildman–Crippen MR) is 104 cm³/mol. The first-order valence-corrected chi connectivity index (χ1v) is 9.90. The van der Waals surface area contributed by atoms with E-state index < -0.39 is 15.9 Å². The standard InChI is InChI=1S/C19H20N4O3S/c1-3-14-6-10-15(11-7-14)21-18(24)17-12-20-22-19(17)27(25,26)23-16-8-4-13(2)5-9-16/h4-12,23H,3H2,1-2H3,(H,20,22)(H,21,24). The molecule has 0 aliphatic rings. The molecule has 1 aromatic heterocycles. The van der Waals surface area contributed by atoms with Gasteiger partial charge in [-0.05, 0) is 43.2 Å². The molecule has 1 amide bonds. The molecule has 27 heavy (non-hydrogen) atoms. The van der Waals surface area contributed by atoms with Crippen LogP contribution in [0, 0.1) is 6.92 Å². The molecule has 0 aliphatic heterocycles. The SMILES string of the molecule is CCc1ccc(NC(=O)c2cn[nH]c2S(=O)(=O)Nc2ccc(C)cc2)cc1. The summed E-state index contributed by atoms with van der Waals surface area (Å²) in [4.78, 5) is 12.5. The fraction of sp³-hybridized carbons (Fsp3) is 0.158. The Morgan fingerprint density at radius 1 is 1.04 bits per heavy atom. The quantitative estimate of drug-likeness (QED) is 0.606. The number of amides is 1. The molecule has 3 aromatic rings. The number of rotatable bonds is 6. The van der Waals surface area contributed by atoms with E-state index in [4.69, 9.17) is 0 Å². The van der Waals surface area contributed by atoms with E-state index in [1.807, 2.05) is 26.0 Å². The molecule has 0 spiro atoms. The van der Waals surface area contributed by atoms with Crippen molar-refractivity contribution < 1.29 is 13.2 Å². The fourth-order valence-electron chi connectivity index (χ4n) is 2.49. The van der Waals surface area contributed by atoms with E-state index in [-0.39, 0.29) is 10.6 Å². The number of H-pyrrole nitrogens is 1. The summed E-state index contributed by atoms with van der Waals surface area (Å²) in [6, 6.07) is 14.2. The number of sulfonamides is 1. The van der Waals surface area contributed by atoms with Crippen LogP contribution >= 0.6 is 0 Å². The van der Waals surface area contributed by atoms with Gasteiger partial charge in [0, 0.05) is 11.4 Å². The van der Waals surface area contributed by atoms with Crippen LogP contribution in [-0.4, -0.2) is 24.5 Å². The van der Waals surface area contributed by atoms with Crippen molar-refractivity contribution in [1.29, 1.82) is 0 Å². The number of carbonyl (C=O) groups is 1. The van der Waals surface area contributed by atoms with Crippen molar-refractivity contribution in [2.24, 2.45) is 0 Å². The second kappa shape index (κ2) is 7.63. The zero-order valence-electron chi connectivity index (χ0n) is 15.0. The number of aromatic amines is 1. The first-order valence-electron chi connectivity index (χ1n) is 8.42. The number of carbonyl (C=O) groups excluding carboxylic acids is 1. The highest BCUT2D eigenvalue weighted by molar-refractivity contribution is 7.92. The average molecular weight is 384 g/mol. The normalized spacial score (nSPS) is 11.2. The van der Waals surface area contributed by atoms with E-state index in [9.17, 15) is 13.2 Å². The Bertz CT molecular complexity index is 1040. The van der Waals surface area contributed by atoms with E-state index in [1.54, 1.807) is 36.4 Å². The lowest BCUT2D eigenvalue weighted by Gasteiger charge is -2.09. The van der Waals surface area contributed by atoms with Gasteiger partial charge in [-0.25, -0.2) is 0 Å². The number of aryl methyl sites for hydroxylation is 2. The van der Waals surface area contributed by atoms with Crippen LogP contribution in [0.4, 0.5) is 11.4 Å². The molecule has 0 unspecified atom stereocenters. The largest absolute Gasteiger partial charge is 0.322 e. The highest BCUT2D eigenvalue weighted by Crippen LogP contribution is 2.19. The summed E-state index contributed by atoms with van der Waals surface area (Å²) < 4.78 is 27.7. The second-order valence-corrected chi connectivity index (χ2v) is 7.71. The molecule has 0 saturated heterocycles. The lowest BCUT2D eigenvalue weighted by molar-refractivity contribution is 0.102. The first kappa shape index (κ1) is 18.7. The molecule has 140 valence electrons. The van der Waals surface area contributed by atoms with Gasteiger partial charge in [-0.1, -0.05) is 36.8 Å². The lowest BCUT2D eigenvalue weighted by atomic mass is 10.1. The molecule has 0 aliphatic carbocycles. The maximum atomic E-state index is 12.6. The van der Waals surface area contributed by atoms with Gasteiger partial charge >= 0.3 is 0 Å². The maximum absolute atomic E-state index is 12.6. The Hall–Kier alpha value is -3.13. The molecule has 8 heteroatoms. The Morgan fingerprint density at radius 2 is 1.67 bits per heavy atom. The number of nitrogens with one attached hydrogen (secondary N) is 3. The van der Waals surface area contributed by atoms with E-state index in [1.165, 1.54) is 6.20 Å². The third kappa shape index (κ3) is 4.35. The van der Waals surface area contributed by atoms with Gasteiger partial charge < -0.3 is 5.32 Å². The highest BCUT2D eigenvalue weighted by atomic mass is 32.2. The summed E-state index contributed by atoms with van der Waals surface area (Å²) in [6.07, 6.45) is 2.09. The third-order valence-electron chi connectivity index (χ3n) is 4.04. The van der Waals surface area contributed by atoms with Gasteiger partial charge in [0.15, 0.2) is 5.03 Å². The number of hydrogen-bond donors (Lipinski definition) is 3. The summed E-state index contributed by atoms with van der Waals surface area (Å²) in [5.74, 6) is -0.558. The van der Waals surface area contributed by atoms with Gasteiger partial charge in [-0.3, -0.25) is 14.6 Å². The minimum atomic E-state index is -3.99. The van der Waals surface area contributed by atoms with Gasteiger partial charge in [0.25, 0.3) is 15.9 Å². The van der Waals surface area contributed by atoms with Crippen molar-refractivity contribution in [2.45, 2.75) is 25.3 Å². The van der Waals surface area contributed by atoms with Crippen molar-refractivity contribution in [3.63, 3.8) is 0 Å². The molecule has 2 aromatic carbocycles. The van der Waals surface area contributed by atoms with E-state index in [0.717, 1.165) is 17.5 Å². The van der Waals surface area contributed by atoms with Crippen molar-refractivity contribution >= 4 is 27.3 Å². The van der Waals surface area contributed by atoms with Gasteiger partial charge in [0.05, 0.1) is 11.8 Å². The minimum absolute atomic E-state index is 0.0609. The van der Waals surface area contributed by atoms with Crippen LogP contribution < -0.4 is 10.0 Å². The van der Waals surface area contributed by atoms with Crippen LogP contribution in [0.2, 0.25) is 0 Å². The molecule has 7 nitrogen and oxygen atoms in total. The van der Waals surface area contributed by atoms with Crippen LogP contribution in [0.1, 0.15) is 28.4 Å². The fourth-order valence-corrected chi connectivity index (χ4v) is 3.65. The van der Waals surface area contributed by atoms with Crippen molar-refractivity contribution in [2.75, 3.05) is 10.0 Å². The zero-order chi connectivity index (χ0) is 19.4. The summed E-state index contributed by atoms with van der Waals surface area (Å²) in [7, 11) is -3.99. The molecular formula is C19H20N4O3S.